The van der Waals surface area contributed by atoms with Crippen molar-refractivity contribution in [1.82, 2.24) is 20.1 Å². The molecule has 27 heavy (non-hydrogen) atoms. The van der Waals surface area contributed by atoms with E-state index >= 15 is 4.39 Å². The molecule has 0 spiro atoms. The number of nitrogens with zero attached hydrogens (tertiary/aromatic N) is 3. The van der Waals surface area contributed by atoms with Crippen molar-refractivity contribution in [2.24, 2.45) is 0 Å². The van der Waals surface area contributed by atoms with Crippen molar-refractivity contribution in [3.05, 3.63) is 34.3 Å². The SMILES string of the molecule is CC.COc1cc2c([nH]c3nc(C)nc(Cl)c32)c(F)c1-c1c(C)noc1C. The van der Waals surface area contributed by atoms with Crippen LogP contribution in [0.25, 0.3) is 33.1 Å². The Morgan fingerprint density at radius 3 is 2.44 bits per heavy atom. The Hall–Kier alpha value is -2.67. The minimum atomic E-state index is -0.476. The molecule has 0 aliphatic heterocycles. The average Bonchev–Trinajstić information content (AvgIpc) is 3.17. The molecule has 6 nitrogen and oxygen atoms in total. The highest BCUT2D eigenvalue weighted by atomic mass is 35.5. The van der Waals surface area contributed by atoms with Crippen LogP contribution in [0.15, 0.2) is 10.6 Å². The highest BCUT2D eigenvalue weighted by Gasteiger charge is 2.25. The molecule has 3 heterocycles. The van der Waals surface area contributed by atoms with E-state index in [9.17, 15) is 0 Å². The van der Waals surface area contributed by atoms with Crippen molar-refractivity contribution in [2.75, 3.05) is 7.11 Å². The lowest BCUT2D eigenvalue weighted by atomic mass is 10.00. The zero-order valence-electron chi connectivity index (χ0n) is 16.0. The smallest absolute Gasteiger partial charge is 0.159 e. The molecule has 0 saturated carbocycles. The van der Waals surface area contributed by atoms with Crippen LogP contribution in [-0.4, -0.2) is 27.2 Å². The molecule has 0 unspecified atom stereocenters. The molecular weight excluding hydrogens is 371 g/mol. The Morgan fingerprint density at radius 1 is 1.15 bits per heavy atom. The van der Waals surface area contributed by atoms with Gasteiger partial charge in [-0.15, -0.1) is 0 Å². The van der Waals surface area contributed by atoms with Crippen molar-refractivity contribution in [3.63, 3.8) is 0 Å². The molecule has 8 heteroatoms. The van der Waals surface area contributed by atoms with E-state index < -0.39 is 5.82 Å². The van der Waals surface area contributed by atoms with Crippen molar-refractivity contribution >= 4 is 33.5 Å². The number of aryl methyl sites for hydroxylation is 3. The van der Waals surface area contributed by atoms with E-state index in [-0.39, 0.29) is 10.7 Å². The lowest BCUT2D eigenvalue weighted by Gasteiger charge is -2.10. The van der Waals surface area contributed by atoms with Crippen LogP contribution in [0.2, 0.25) is 5.15 Å². The molecule has 142 valence electrons. The number of halogens is 2. The van der Waals surface area contributed by atoms with E-state index in [2.05, 4.69) is 20.1 Å². The quantitative estimate of drug-likeness (QED) is 0.456. The summed E-state index contributed by atoms with van der Waals surface area (Å²) in [5, 5.41) is 5.29. The number of nitrogens with one attached hydrogen (secondary N) is 1. The summed E-state index contributed by atoms with van der Waals surface area (Å²) in [6, 6.07) is 1.73. The summed E-state index contributed by atoms with van der Waals surface area (Å²) in [5.41, 5.74) is 2.21. The summed E-state index contributed by atoms with van der Waals surface area (Å²) in [5.74, 6) is 0.897. The second kappa shape index (κ2) is 7.15. The number of methoxy groups -OCH3 is 1. The third kappa shape index (κ3) is 2.92. The van der Waals surface area contributed by atoms with Gasteiger partial charge in [0.15, 0.2) is 5.82 Å². The Kier molecular flexibility index (Phi) is 5.06. The fourth-order valence-electron chi connectivity index (χ4n) is 3.17. The molecule has 0 aliphatic rings. The molecule has 0 bridgehead atoms. The summed E-state index contributed by atoms with van der Waals surface area (Å²) < 4.78 is 26.1. The third-order valence-corrected chi connectivity index (χ3v) is 4.50. The van der Waals surface area contributed by atoms with Gasteiger partial charge in [-0.25, -0.2) is 14.4 Å². The summed E-state index contributed by atoms with van der Waals surface area (Å²) in [6.07, 6.45) is 0. The van der Waals surface area contributed by atoms with E-state index in [0.717, 1.165) is 0 Å². The van der Waals surface area contributed by atoms with Gasteiger partial charge < -0.3 is 14.2 Å². The topological polar surface area (TPSA) is 76.8 Å². The first-order valence-corrected chi connectivity index (χ1v) is 8.95. The summed E-state index contributed by atoms with van der Waals surface area (Å²) >= 11 is 6.26. The van der Waals surface area contributed by atoms with Crippen LogP contribution in [0.5, 0.6) is 5.75 Å². The Labute approximate surface area is 160 Å². The van der Waals surface area contributed by atoms with Gasteiger partial charge in [-0.2, -0.15) is 0 Å². The van der Waals surface area contributed by atoms with Gasteiger partial charge in [-0.05, 0) is 26.8 Å². The Balaban J connectivity index is 0.00000102. The first kappa shape index (κ1) is 19.1. The standard InChI is InChI=1S/C17H14ClFN4O2.C2H6/c1-6-11(7(2)25-23-6)13-10(24-4)5-9-12-16(18)20-8(3)21-17(12)22-15(9)14(13)19;1-2/h5H,1-4H3,(H,20,21,22);1-2H3. The molecule has 4 aromatic rings. The second-order valence-electron chi connectivity index (χ2n) is 5.80. The number of H-pyrrole nitrogens is 1. The molecule has 3 aromatic heterocycles. The monoisotopic (exact) mass is 390 g/mol. The summed E-state index contributed by atoms with van der Waals surface area (Å²) in [7, 11) is 1.49. The lowest BCUT2D eigenvalue weighted by molar-refractivity contribution is 0.393. The molecule has 0 atom stereocenters. The number of hydrogen-bond donors (Lipinski definition) is 1. The molecule has 0 saturated heterocycles. The fraction of sp³-hybridized carbons (Fsp3) is 0.316. The molecule has 0 fully saturated rings. The average molecular weight is 391 g/mol. The van der Waals surface area contributed by atoms with Crippen LogP contribution >= 0.6 is 11.6 Å². The summed E-state index contributed by atoms with van der Waals surface area (Å²) in [6.45, 7) is 9.21. The van der Waals surface area contributed by atoms with E-state index in [4.69, 9.17) is 20.9 Å². The van der Waals surface area contributed by atoms with Gasteiger partial charge in [0.25, 0.3) is 0 Å². The van der Waals surface area contributed by atoms with Crippen LogP contribution in [0.3, 0.4) is 0 Å². The number of ether oxygens (including phenoxy) is 1. The fourth-order valence-corrected chi connectivity index (χ4v) is 3.48. The Bertz CT molecular complexity index is 1130. The number of aromatic nitrogens is 4. The van der Waals surface area contributed by atoms with Gasteiger partial charge in [0.1, 0.15) is 28.1 Å². The summed E-state index contributed by atoms with van der Waals surface area (Å²) in [4.78, 5) is 11.5. The third-order valence-electron chi connectivity index (χ3n) is 4.22. The lowest BCUT2D eigenvalue weighted by Crippen LogP contribution is -1.95. The second-order valence-corrected chi connectivity index (χ2v) is 6.16. The van der Waals surface area contributed by atoms with Crippen LogP contribution in [0.1, 0.15) is 31.1 Å². The molecule has 0 aliphatic carbocycles. The van der Waals surface area contributed by atoms with E-state index in [0.29, 0.717) is 50.6 Å². The first-order valence-electron chi connectivity index (χ1n) is 8.57. The largest absolute Gasteiger partial charge is 0.496 e. The number of fused-ring (bicyclic) bond motifs is 3. The predicted molar refractivity (Wildman–Crippen MR) is 104 cm³/mol. The molecule has 1 N–H and O–H groups in total. The highest BCUT2D eigenvalue weighted by molar-refractivity contribution is 6.36. The van der Waals surface area contributed by atoms with Gasteiger partial charge in [0, 0.05) is 5.39 Å². The minimum absolute atomic E-state index is 0.264. The number of aromatic amines is 1. The van der Waals surface area contributed by atoms with Gasteiger partial charge in [0.05, 0.1) is 34.8 Å². The highest BCUT2D eigenvalue weighted by Crippen LogP contribution is 2.42. The van der Waals surface area contributed by atoms with Crippen LogP contribution < -0.4 is 4.74 Å². The maximum Gasteiger partial charge on any atom is 0.159 e. The predicted octanol–water partition coefficient (Wildman–Crippen LogP) is 5.52. The van der Waals surface area contributed by atoms with Gasteiger partial charge in [-0.3, -0.25) is 0 Å². The minimum Gasteiger partial charge on any atom is -0.496 e. The van der Waals surface area contributed by atoms with Crippen molar-refractivity contribution in [1.29, 1.82) is 0 Å². The zero-order chi connectivity index (χ0) is 19.9. The van der Waals surface area contributed by atoms with Crippen LogP contribution in [0, 0.1) is 26.6 Å². The van der Waals surface area contributed by atoms with Crippen molar-refractivity contribution in [2.45, 2.75) is 34.6 Å². The number of rotatable bonds is 2. The molecule has 0 radical (unpaired) electrons. The Morgan fingerprint density at radius 2 is 1.85 bits per heavy atom. The normalized spacial score (nSPS) is 11.0. The van der Waals surface area contributed by atoms with Gasteiger partial charge in [-0.1, -0.05) is 30.6 Å². The van der Waals surface area contributed by atoms with Crippen molar-refractivity contribution in [3.8, 4) is 16.9 Å². The van der Waals surface area contributed by atoms with Gasteiger partial charge in [0.2, 0.25) is 0 Å². The van der Waals surface area contributed by atoms with Gasteiger partial charge >= 0.3 is 0 Å². The zero-order valence-corrected chi connectivity index (χ0v) is 16.7. The van der Waals surface area contributed by atoms with Crippen LogP contribution in [0.4, 0.5) is 4.39 Å². The molecule has 0 amide bonds. The molecule has 1 aromatic carbocycles. The maximum absolute atomic E-state index is 15.4. The van der Waals surface area contributed by atoms with E-state index in [1.807, 2.05) is 13.8 Å². The first-order chi connectivity index (χ1) is 12.9. The van der Waals surface area contributed by atoms with Crippen molar-refractivity contribution < 1.29 is 13.7 Å². The number of benzene rings is 1. The molecule has 4 rings (SSSR count). The van der Waals surface area contributed by atoms with E-state index in [1.165, 1.54) is 7.11 Å². The maximum atomic E-state index is 15.4. The number of hydrogen-bond acceptors (Lipinski definition) is 5. The van der Waals surface area contributed by atoms with Crippen LogP contribution in [-0.2, 0) is 0 Å². The van der Waals surface area contributed by atoms with E-state index in [1.54, 1.807) is 26.8 Å². The molecular formula is C19H20ClFN4O2.